The third-order valence-corrected chi connectivity index (χ3v) is 4.23. The van der Waals surface area contributed by atoms with Gasteiger partial charge in [0, 0.05) is 17.7 Å². The maximum absolute atomic E-state index is 12.6. The molecule has 0 aliphatic carbocycles. The third-order valence-electron chi connectivity index (χ3n) is 4.23. The highest BCUT2D eigenvalue weighted by atomic mass is 16.6. The number of rotatable bonds is 7. The number of imide groups is 1. The molecule has 0 spiro atoms. The molecule has 1 saturated heterocycles. The van der Waals surface area contributed by atoms with E-state index in [9.17, 15) is 24.5 Å². The second kappa shape index (κ2) is 8.48. The van der Waals surface area contributed by atoms with Gasteiger partial charge in [-0.15, -0.1) is 0 Å². The number of anilines is 1. The van der Waals surface area contributed by atoms with Crippen molar-refractivity contribution in [2.24, 2.45) is 0 Å². The maximum atomic E-state index is 12.6. The van der Waals surface area contributed by atoms with Crippen LogP contribution in [0.15, 0.2) is 48.5 Å². The summed E-state index contributed by atoms with van der Waals surface area (Å²) in [7, 11) is 0. The summed E-state index contributed by atoms with van der Waals surface area (Å²) in [6.07, 6.45) is -0.138. The van der Waals surface area contributed by atoms with Gasteiger partial charge in [0.2, 0.25) is 5.91 Å². The molecule has 10 nitrogen and oxygen atoms in total. The Labute approximate surface area is 165 Å². The number of benzene rings is 2. The first-order valence-corrected chi connectivity index (χ1v) is 8.80. The Bertz CT molecular complexity index is 959. The summed E-state index contributed by atoms with van der Waals surface area (Å²) in [4.78, 5) is 48.3. The number of non-ortho nitro benzene ring substituents is 1. The molecule has 1 unspecified atom stereocenters. The van der Waals surface area contributed by atoms with E-state index in [2.05, 4.69) is 10.9 Å². The zero-order chi connectivity index (χ0) is 21.0. The summed E-state index contributed by atoms with van der Waals surface area (Å²) in [5.41, 5.74) is 5.08. The third kappa shape index (κ3) is 4.38. The van der Waals surface area contributed by atoms with Crippen LogP contribution in [0, 0.1) is 10.1 Å². The van der Waals surface area contributed by atoms with Crippen LogP contribution < -0.4 is 20.5 Å². The van der Waals surface area contributed by atoms with Crippen LogP contribution in [0.5, 0.6) is 5.75 Å². The lowest BCUT2D eigenvalue weighted by molar-refractivity contribution is -0.384. The van der Waals surface area contributed by atoms with E-state index in [1.54, 1.807) is 24.3 Å². The highest BCUT2D eigenvalue weighted by Crippen LogP contribution is 2.25. The Morgan fingerprint density at radius 1 is 1.24 bits per heavy atom. The lowest BCUT2D eigenvalue weighted by Crippen LogP contribution is -2.48. The molecule has 2 aromatic rings. The molecule has 1 atom stereocenters. The van der Waals surface area contributed by atoms with Gasteiger partial charge in [0.25, 0.3) is 17.5 Å². The second-order valence-electron chi connectivity index (χ2n) is 6.16. The fourth-order valence-corrected chi connectivity index (χ4v) is 2.86. The summed E-state index contributed by atoms with van der Waals surface area (Å²) < 4.78 is 5.34. The van der Waals surface area contributed by atoms with Crippen molar-refractivity contribution in [2.45, 2.75) is 19.4 Å². The molecule has 150 valence electrons. The number of hydrogen-bond acceptors (Lipinski definition) is 7. The number of amides is 3. The van der Waals surface area contributed by atoms with Gasteiger partial charge in [-0.05, 0) is 37.3 Å². The predicted molar refractivity (Wildman–Crippen MR) is 102 cm³/mol. The van der Waals surface area contributed by atoms with Gasteiger partial charge >= 0.3 is 0 Å². The topological polar surface area (TPSA) is 131 Å². The lowest BCUT2D eigenvalue weighted by Gasteiger charge is -2.16. The normalized spacial score (nSPS) is 16.0. The largest absolute Gasteiger partial charge is 0.494 e. The highest BCUT2D eigenvalue weighted by Gasteiger charge is 2.39. The van der Waals surface area contributed by atoms with Crippen molar-refractivity contribution < 1.29 is 24.0 Å². The summed E-state index contributed by atoms with van der Waals surface area (Å²) >= 11 is 0. The van der Waals surface area contributed by atoms with Crippen LogP contribution >= 0.6 is 0 Å². The van der Waals surface area contributed by atoms with Gasteiger partial charge < -0.3 is 4.74 Å². The van der Waals surface area contributed by atoms with Crippen molar-refractivity contribution in [1.82, 2.24) is 10.9 Å². The van der Waals surface area contributed by atoms with Gasteiger partial charge in [0.05, 0.1) is 23.6 Å². The van der Waals surface area contributed by atoms with Crippen molar-refractivity contribution in [3.8, 4) is 5.75 Å². The summed E-state index contributed by atoms with van der Waals surface area (Å²) in [5.74, 6) is -0.970. The fraction of sp³-hybridized carbons (Fsp3) is 0.211. The van der Waals surface area contributed by atoms with Crippen molar-refractivity contribution in [3.63, 3.8) is 0 Å². The van der Waals surface area contributed by atoms with E-state index < -0.39 is 28.7 Å². The zero-order valence-corrected chi connectivity index (χ0v) is 15.5. The van der Waals surface area contributed by atoms with Crippen LogP contribution in [0.1, 0.15) is 23.7 Å². The first-order valence-electron chi connectivity index (χ1n) is 8.80. The minimum atomic E-state index is -0.947. The van der Waals surface area contributed by atoms with Crippen molar-refractivity contribution in [1.29, 1.82) is 0 Å². The Morgan fingerprint density at radius 2 is 1.97 bits per heavy atom. The molecule has 0 saturated carbocycles. The number of carbonyl (C=O) groups is 3. The average Bonchev–Trinajstić information content (AvgIpc) is 3.00. The number of nitro benzene ring substituents is 1. The van der Waals surface area contributed by atoms with Crippen LogP contribution in [0.2, 0.25) is 0 Å². The van der Waals surface area contributed by atoms with Crippen LogP contribution in [-0.4, -0.2) is 35.3 Å². The number of nitrogens with one attached hydrogen (secondary N) is 2. The van der Waals surface area contributed by atoms with E-state index in [1.165, 1.54) is 18.2 Å². The molecular formula is C19H18N4O6. The van der Waals surface area contributed by atoms with Crippen LogP contribution in [0.4, 0.5) is 11.4 Å². The van der Waals surface area contributed by atoms with Gasteiger partial charge in [0.1, 0.15) is 11.8 Å². The molecule has 0 radical (unpaired) electrons. The SMILES string of the molecule is CCOc1ccc(N2C(=O)CC(NNC(=O)c3cccc([N+](=O)[O-])c3)C2=O)cc1. The molecule has 2 aromatic carbocycles. The van der Waals surface area contributed by atoms with Crippen LogP contribution in [0.3, 0.4) is 0 Å². The average molecular weight is 398 g/mol. The van der Waals surface area contributed by atoms with E-state index in [4.69, 9.17) is 4.74 Å². The van der Waals surface area contributed by atoms with E-state index >= 15 is 0 Å². The van der Waals surface area contributed by atoms with E-state index in [0.717, 1.165) is 11.0 Å². The predicted octanol–water partition coefficient (Wildman–Crippen LogP) is 1.56. The molecule has 1 aliphatic rings. The first-order chi connectivity index (χ1) is 13.9. The smallest absolute Gasteiger partial charge is 0.270 e. The standard InChI is InChI=1S/C19H18N4O6/c1-2-29-15-8-6-13(7-9-15)22-17(24)11-16(19(22)26)20-21-18(25)12-4-3-5-14(10-12)23(27)28/h3-10,16,20H,2,11H2,1H3,(H,21,25). The Kier molecular flexibility index (Phi) is 5.84. The molecule has 3 amide bonds. The highest BCUT2D eigenvalue weighted by molar-refractivity contribution is 6.22. The molecule has 1 heterocycles. The van der Waals surface area contributed by atoms with Gasteiger partial charge in [0.15, 0.2) is 0 Å². The minimum Gasteiger partial charge on any atom is -0.494 e. The maximum Gasteiger partial charge on any atom is 0.270 e. The van der Waals surface area contributed by atoms with Crippen molar-refractivity contribution >= 4 is 29.1 Å². The van der Waals surface area contributed by atoms with E-state index in [1.807, 2.05) is 6.92 Å². The monoisotopic (exact) mass is 398 g/mol. The number of nitro groups is 1. The Balaban J connectivity index is 1.64. The number of nitrogens with zero attached hydrogens (tertiary/aromatic N) is 2. The van der Waals surface area contributed by atoms with E-state index in [0.29, 0.717) is 18.0 Å². The van der Waals surface area contributed by atoms with E-state index in [-0.39, 0.29) is 17.7 Å². The van der Waals surface area contributed by atoms with Crippen LogP contribution in [-0.2, 0) is 9.59 Å². The quantitative estimate of drug-likeness (QED) is 0.411. The molecule has 1 aliphatic heterocycles. The minimum absolute atomic E-state index is 0.0480. The number of ether oxygens (including phenoxy) is 1. The number of hydrazine groups is 1. The molecule has 2 N–H and O–H groups in total. The molecule has 0 aromatic heterocycles. The van der Waals surface area contributed by atoms with Gasteiger partial charge in [-0.25, -0.2) is 10.3 Å². The van der Waals surface area contributed by atoms with Crippen molar-refractivity contribution in [3.05, 3.63) is 64.2 Å². The fourth-order valence-electron chi connectivity index (χ4n) is 2.86. The number of hydrogen-bond donors (Lipinski definition) is 2. The molecule has 3 rings (SSSR count). The molecule has 1 fully saturated rings. The molecular weight excluding hydrogens is 380 g/mol. The second-order valence-corrected chi connectivity index (χ2v) is 6.16. The zero-order valence-electron chi connectivity index (χ0n) is 15.5. The van der Waals surface area contributed by atoms with Gasteiger partial charge in [-0.2, -0.15) is 0 Å². The number of carbonyl (C=O) groups excluding carboxylic acids is 3. The molecule has 0 bridgehead atoms. The summed E-state index contributed by atoms with van der Waals surface area (Å²) in [5, 5.41) is 10.8. The molecule has 29 heavy (non-hydrogen) atoms. The molecule has 10 heteroatoms. The van der Waals surface area contributed by atoms with Gasteiger partial charge in [-0.1, -0.05) is 6.07 Å². The summed E-state index contributed by atoms with van der Waals surface area (Å²) in [6, 6.07) is 10.7. The summed E-state index contributed by atoms with van der Waals surface area (Å²) in [6.45, 7) is 2.34. The Morgan fingerprint density at radius 3 is 2.62 bits per heavy atom. The van der Waals surface area contributed by atoms with Crippen LogP contribution in [0.25, 0.3) is 0 Å². The Hall–Kier alpha value is -3.79. The lowest BCUT2D eigenvalue weighted by atomic mass is 10.2. The van der Waals surface area contributed by atoms with Gasteiger partial charge in [-0.3, -0.25) is 29.9 Å². The van der Waals surface area contributed by atoms with Crippen molar-refractivity contribution in [2.75, 3.05) is 11.5 Å². The first kappa shape index (κ1) is 20.0.